The molecule has 0 aliphatic rings. The van der Waals surface area contributed by atoms with Gasteiger partial charge >= 0.3 is 6.18 Å². The van der Waals surface area contributed by atoms with Crippen LogP contribution in [0.25, 0.3) is 0 Å². The van der Waals surface area contributed by atoms with Crippen molar-refractivity contribution >= 4 is 0 Å². The molecule has 0 spiro atoms. The fourth-order valence-electron chi connectivity index (χ4n) is 1.56. The van der Waals surface area contributed by atoms with Crippen LogP contribution in [0.4, 0.5) is 13.2 Å². The van der Waals surface area contributed by atoms with Gasteiger partial charge in [-0.25, -0.2) is 9.97 Å². The summed E-state index contributed by atoms with van der Waals surface area (Å²) in [6, 6.07) is 4.52. The Hall–Kier alpha value is -2.29. The average molecular weight is 313 g/mol. The molecular weight excluding hydrogens is 299 g/mol. The molecule has 2 aromatic heterocycles. The smallest absolute Gasteiger partial charge is 0.422 e. The van der Waals surface area contributed by atoms with Crippen LogP contribution in [0.1, 0.15) is 24.5 Å². The SMILES string of the molecule is C[C@@H](NCc1ccc(OCC(F)(F)F)nn1)c1ncccn1. The van der Waals surface area contributed by atoms with Crippen LogP contribution in [-0.4, -0.2) is 32.9 Å². The van der Waals surface area contributed by atoms with E-state index in [1.807, 2.05) is 6.92 Å². The number of aromatic nitrogens is 4. The molecule has 9 heteroatoms. The van der Waals surface area contributed by atoms with Gasteiger partial charge in [-0.05, 0) is 19.1 Å². The van der Waals surface area contributed by atoms with Gasteiger partial charge < -0.3 is 10.1 Å². The first-order valence-corrected chi connectivity index (χ1v) is 6.46. The number of hydrogen-bond acceptors (Lipinski definition) is 6. The molecule has 22 heavy (non-hydrogen) atoms. The minimum atomic E-state index is -4.40. The van der Waals surface area contributed by atoms with Crippen molar-refractivity contribution in [1.29, 1.82) is 0 Å². The standard InChI is InChI=1S/C13H14F3N5O/c1-9(12-17-5-2-6-18-12)19-7-10-3-4-11(21-20-10)22-8-13(14,15)16/h2-6,9,19H,7-8H2,1H3/t9-/m1/s1. The van der Waals surface area contributed by atoms with Gasteiger partial charge in [0, 0.05) is 25.0 Å². The van der Waals surface area contributed by atoms with Crippen molar-refractivity contribution in [2.75, 3.05) is 6.61 Å². The van der Waals surface area contributed by atoms with E-state index in [0.717, 1.165) is 0 Å². The molecule has 0 saturated heterocycles. The number of ether oxygens (including phenoxy) is 1. The third kappa shape index (κ3) is 5.24. The summed E-state index contributed by atoms with van der Waals surface area (Å²) >= 11 is 0. The Balaban J connectivity index is 1.84. The minimum absolute atomic E-state index is 0.0934. The Morgan fingerprint density at radius 2 is 1.91 bits per heavy atom. The zero-order valence-corrected chi connectivity index (χ0v) is 11.7. The van der Waals surface area contributed by atoms with Crippen LogP contribution in [0, 0.1) is 0 Å². The maximum absolute atomic E-state index is 12.0. The fourth-order valence-corrected chi connectivity index (χ4v) is 1.56. The lowest BCUT2D eigenvalue weighted by Crippen LogP contribution is -2.21. The van der Waals surface area contributed by atoms with E-state index in [-0.39, 0.29) is 11.9 Å². The van der Waals surface area contributed by atoms with Gasteiger partial charge in [0.25, 0.3) is 0 Å². The predicted octanol–water partition coefficient (Wildman–Crippen LogP) is 2.06. The third-order valence-electron chi connectivity index (χ3n) is 2.64. The molecule has 0 bridgehead atoms. The van der Waals surface area contributed by atoms with Crippen LogP contribution in [0.3, 0.4) is 0 Å². The molecule has 1 atom stereocenters. The molecule has 0 radical (unpaired) electrons. The first-order valence-electron chi connectivity index (χ1n) is 6.46. The summed E-state index contributed by atoms with van der Waals surface area (Å²) in [6.45, 7) is 0.886. The van der Waals surface area contributed by atoms with E-state index in [0.29, 0.717) is 18.1 Å². The molecule has 0 aliphatic carbocycles. The Morgan fingerprint density at radius 1 is 1.18 bits per heavy atom. The Bertz CT molecular complexity index is 576. The summed E-state index contributed by atoms with van der Waals surface area (Å²) in [5.74, 6) is 0.473. The molecule has 2 heterocycles. The predicted molar refractivity (Wildman–Crippen MR) is 70.9 cm³/mol. The van der Waals surface area contributed by atoms with Crippen LogP contribution in [0.15, 0.2) is 30.6 Å². The quantitative estimate of drug-likeness (QED) is 0.880. The molecule has 1 N–H and O–H groups in total. The van der Waals surface area contributed by atoms with Gasteiger partial charge in [-0.2, -0.15) is 18.3 Å². The Labute approximate surface area is 124 Å². The fraction of sp³-hybridized carbons (Fsp3) is 0.385. The third-order valence-corrected chi connectivity index (χ3v) is 2.64. The maximum atomic E-state index is 12.0. The van der Waals surface area contributed by atoms with Crippen molar-refractivity contribution in [3.8, 4) is 5.88 Å². The molecule has 0 unspecified atom stereocenters. The van der Waals surface area contributed by atoms with Crippen molar-refractivity contribution < 1.29 is 17.9 Å². The lowest BCUT2D eigenvalue weighted by atomic mass is 10.3. The van der Waals surface area contributed by atoms with Crippen LogP contribution in [0.2, 0.25) is 0 Å². The highest BCUT2D eigenvalue weighted by Crippen LogP contribution is 2.16. The van der Waals surface area contributed by atoms with E-state index in [4.69, 9.17) is 0 Å². The number of halogens is 3. The van der Waals surface area contributed by atoms with E-state index in [1.54, 1.807) is 24.5 Å². The van der Waals surface area contributed by atoms with Crippen LogP contribution < -0.4 is 10.1 Å². The van der Waals surface area contributed by atoms with Gasteiger partial charge in [-0.15, -0.1) is 5.10 Å². The van der Waals surface area contributed by atoms with Crippen molar-refractivity contribution in [3.05, 3.63) is 42.1 Å². The molecular formula is C13H14F3N5O. The van der Waals surface area contributed by atoms with E-state index in [1.165, 1.54) is 6.07 Å². The molecule has 0 aromatic carbocycles. The van der Waals surface area contributed by atoms with E-state index in [2.05, 4.69) is 30.2 Å². The highest BCUT2D eigenvalue weighted by Gasteiger charge is 2.28. The van der Waals surface area contributed by atoms with Crippen molar-refractivity contribution in [1.82, 2.24) is 25.5 Å². The van der Waals surface area contributed by atoms with Gasteiger partial charge in [0.2, 0.25) is 5.88 Å². The summed E-state index contributed by atoms with van der Waals surface area (Å²) in [7, 11) is 0. The average Bonchev–Trinajstić information content (AvgIpc) is 2.52. The Morgan fingerprint density at radius 3 is 2.50 bits per heavy atom. The number of alkyl halides is 3. The largest absolute Gasteiger partial charge is 0.467 e. The van der Waals surface area contributed by atoms with E-state index >= 15 is 0 Å². The molecule has 0 aliphatic heterocycles. The minimum Gasteiger partial charge on any atom is -0.467 e. The summed E-state index contributed by atoms with van der Waals surface area (Å²) < 4.78 is 40.5. The second-order valence-corrected chi connectivity index (χ2v) is 4.48. The first kappa shape index (κ1) is 16.1. The van der Waals surface area contributed by atoms with Crippen LogP contribution in [-0.2, 0) is 6.54 Å². The lowest BCUT2D eigenvalue weighted by Gasteiger charge is -2.12. The van der Waals surface area contributed by atoms with Gasteiger partial charge in [0.05, 0.1) is 11.7 Å². The number of rotatable bonds is 6. The molecule has 6 nitrogen and oxygen atoms in total. The summed E-state index contributed by atoms with van der Waals surface area (Å²) in [5.41, 5.74) is 0.571. The number of nitrogens with zero attached hydrogens (tertiary/aromatic N) is 4. The van der Waals surface area contributed by atoms with E-state index in [9.17, 15) is 13.2 Å². The molecule has 118 valence electrons. The monoisotopic (exact) mass is 313 g/mol. The van der Waals surface area contributed by atoms with Crippen molar-refractivity contribution in [2.24, 2.45) is 0 Å². The van der Waals surface area contributed by atoms with Crippen LogP contribution >= 0.6 is 0 Å². The second kappa shape index (κ2) is 7.12. The number of hydrogen-bond donors (Lipinski definition) is 1. The van der Waals surface area contributed by atoms with Gasteiger partial charge in [0.15, 0.2) is 6.61 Å². The molecule has 2 rings (SSSR count). The molecule has 0 saturated carbocycles. The summed E-state index contributed by atoms with van der Waals surface area (Å²) in [6.07, 6.45) is -1.10. The normalized spacial score (nSPS) is 12.9. The zero-order chi connectivity index (χ0) is 16.0. The molecule has 2 aromatic rings. The van der Waals surface area contributed by atoms with Crippen molar-refractivity contribution in [3.63, 3.8) is 0 Å². The topological polar surface area (TPSA) is 72.8 Å². The van der Waals surface area contributed by atoms with Gasteiger partial charge in [0.1, 0.15) is 5.82 Å². The van der Waals surface area contributed by atoms with Gasteiger partial charge in [-0.3, -0.25) is 0 Å². The Kier molecular flexibility index (Phi) is 5.21. The zero-order valence-electron chi connectivity index (χ0n) is 11.7. The first-order chi connectivity index (χ1) is 10.4. The summed E-state index contributed by atoms with van der Waals surface area (Å²) in [5, 5.41) is 10.5. The van der Waals surface area contributed by atoms with E-state index < -0.39 is 12.8 Å². The molecule has 0 amide bonds. The lowest BCUT2D eigenvalue weighted by molar-refractivity contribution is -0.154. The molecule has 0 fully saturated rings. The highest BCUT2D eigenvalue weighted by molar-refractivity contribution is 5.11. The van der Waals surface area contributed by atoms with Gasteiger partial charge in [-0.1, -0.05) is 0 Å². The van der Waals surface area contributed by atoms with Crippen LogP contribution in [0.5, 0.6) is 5.88 Å². The second-order valence-electron chi connectivity index (χ2n) is 4.48. The maximum Gasteiger partial charge on any atom is 0.422 e. The summed E-state index contributed by atoms with van der Waals surface area (Å²) in [4.78, 5) is 8.23. The number of nitrogens with one attached hydrogen (secondary N) is 1. The highest BCUT2D eigenvalue weighted by atomic mass is 19.4. The van der Waals surface area contributed by atoms with Crippen molar-refractivity contribution in [2.45, 2.75) is 25.7 Å².